The van der Waals surface area contributed by atoms with Gasteiger partial charge in [0.15, 0.2) is 0 Å². The minimum atomic E-state index is -0.477. The highest BCUT2D eigenvalue weighted by Crippen LogP contribution is 2.36. The molecular weight excluding hydrogens is 633 g/mol. The molecule has 0 aliphatic heterocycles. The van der Waals surface area contributed by atoms with Crippen LogP contribution in [0.5, 0.6) is 11.5 Å². The Bertz CT molecular complexity index is 1760. The van der Waals surface area contributed by atoms with E-state index in [4.69, 9.17) is 37.4 Å². The molecule has 0 spiro atoms. The summed E-state index contributed by atoms with van der Waals surface area (Å²) >= 11 is 13.3. The minimum Gasteiger partial charge on any atom is -0.490 e. The van der Waals surface area contributed by atoms with Crippen molar-refractivity contribution in [2.24, 2.45) is 0 Å². The summed E-state index contributed by atoms with van der Waals surface area (Å²) in [5, 5.41) is 6.51. The van der Waals surface area contributed by atoms with Gasteiger partial charge in [0.1, 0.15) is 36.0 Å². The van der Waals surface area contributed by atoms with Crippen molar-refractivity contribution in [1.82, 2.24) is 15.3 Å². The van der Waals surface area contributed by atoms with Gasteiger partial charge in [0.25, 0.3) is 0 Å². The number of fused-ring (bicyclic) bond motifs is 1. The maximum absolute atomic E-state index is 13.0. The summed E-state index contributed by atoms with van der Waals surface area (Å²) in [6.45, 7) is 3.82. The molecule has 2 aromatic carbocycles. The smallest absolute Gasteiger partial charge is 0.246 e. The van der Waals surface area contributed by atoms with E-state index in [0.717, 1.165) is 11.1 Å². The Kier molecular flexibility index (Phi) is 11.9. The molecule has 3 amide bonds. The molecule has 11 nitrogen and oxygen atoms in total. The second-order valence-corrected chi connectivity index (χ2v) is 10.9. The van der Waals surface area contributed by atoms with E-state index >= 15 is 0 Å². The van der Waals surface area contributed by atoms with Crippen molar-refractivity contribution in [1.29, 1.82) is 0 Å². The minimum absolute atomic E-state index is 0.00428. The standard InChI is InChI=1S/C33H33Cl2N5O6/c1-20-16-28(45-15-14-44-4)23-6-5-7-27(33(23)38-20)46-19-24-25(34)10-11-26(32(24)35)40(3)31(43)18-37-30(42)13-9-22-8-12-29(36-17-22)39-21(2)41/h5-13,16-17H,14-15,18-19H2,1-4H3,(H,37,42)(H,36,39,41)/b13-9+. The molecule has 4 aromatic rings. The zero-order valence-corrected chi connectivity index (χ0v) is 27.2. The predicted molar refractivity (Wildman–Crippen MR) is 179 cm³/mol. The van der Waals surface area contributed by atoms with E-state index < -0.39 is 11.8 Å². The van der Waals surface area contributed by atoms with Crippen molar-refractivity contribution in [3.63, 3.8) is 0 Å². The first-order valence-corrected chi connectivity index (χ1v) is 14.9. The molecule has 0 fully saturated rings. The van der Waals surface area contributed by atoms with Crippen LogP contribution in [0.15, 0.2) is 60.8 Å². The van der Waals surface area contributed by atoms with Gasteiger partial charge in [0.2, 0.25) is 17.7 Å². The molecular formula is C33H33Cl2N5O6. The van der Waals surface area contributed by atoms with E-state index in [-0.39, 0.29) is 24.1 Å². The fourth-order valence-corrected chi connectivity index (χ4v) is 4.92. The third-order valence-corrected chi connectivity index (χ3v) is 7.42. The Balaban J connectivity index is 1.41. The number of nitrogens with zero attached hydrogens (tertiary/aromatic N) is 3. The number of ether oxygens (including phenoxy) is 3. The van der Waals surface area contributed by atoms with Gasteiger partial charge in [-0.05, 0) is 55.0 Å². The summed E-state index contributed by atoms with van der Waals surface area (Å²) in [6.07, 6.45) is 4.33. The number of benzene rings is 2. The molecule has 0 saturated heterocycles. The van der Waals surface area contributed by atoms with Crippen LogP contribution < -0.4 is 25.0 Å². The van der Waals surface area contributed by atoms with E-state index in [2.05, 4.69) is 20.6 Å². The van der Waals surface area contributed by atoms with E-state index in [1.54, 1.807) is 50.6 Å². The van der Waals surface area contributed by atoms with E-state index in [0.29, 0.717) is 57.9 Å². The molecule has 0 bridgehead atoms. The number of carbonyl (C=O) groups is 3. The lowest BCUT2D eigenvalue weighted by atomic mass is 10.1. The number of anilines is 2. The fourth-order valence-electron chi connectivity index (χ4n) is 4.31. The van der Waals surface area contributed by atoms with Gasteiger partial charge in [0, 0.05) is 61.1 Å². The van der Waals surface area contributed by atoms with Gasteiger partial charge >= 0.3 is 0 Å². The van der Waals surface area contributed by atoms with Crippen LogP contribution in [0, 0.1) is 6.92 Å². The average molecular weight is 667 g/mol. The van der Waals surface area contributed by atoms with Crippen LogP contribution in [0.2, 0.25) is 10.0 Å². The number of para-hydroxylation sites is 1. The quantitative estimate of drug-likeness (QED) is 0.139. The normalized spacial score (nSPS) is 11.0. The molecule has 0 atom stereocenters. The van der Waals surface area contributed by atoms with Gasteiger partial charge in [-0.2, -0.15) is 0 Å². The lowest BCUT2D eigenvalue weighted by molar-refractivity contribution is -0.122. The van der Waals surface area contributed by atoms with Gasteiger partial charge in [-0.15, -0.1) is 0 Å². The third-order valence-electron chi connectivity index (χ3n) is 6.64. The van der Waals surface area contributed by atoms with Crippen molar-refractivity contribution in [2.45, 2.75) is 20.5 Å². The number of rotatable bonds is 13. The summed E-state index contributed by atoms with van der Waals surface area (Å²) in [5.41, 5.74) is 2.89. The van der Waals surface area contributed by atoms with Gasteiger partial charge in [-0.1, -0.05) is 29.3 Å². The number of amides is 3. The highest BCUT2D eigenvalue weighted by atomic mass is 35.5. The number of nitrogens with one attached hydrogen (secondary N) is 2. The van der Waals surface area contributed by atoms with Gasteiger partial charge in [-0.3, -0.25) is 14.4 Å². The van der Waals surface area contributed by atoms with E-state index in [1.807, 2.05) is 25.1 Å². The fraction of sp³-hybridized carbons (Fsp3) is 0.242. The lowest BCUT2D eigenvalue weighted by Crippen LogP contribution is -2.37. The zero-order chi connectivity index (χ0) is 33.2. The van der Waals surface area contributed by atoms with Crippen molar-refractivity contribution in [2.75, 3.05) is 44.1 Å². The number of likely N-dealkylation sites (N-methyl/N-ethyl adjacent to an activating group) is 1. The summed E-state index contributed by atoms with van der Waals surface area (Å²) in [4.78, 5) is 46.5. The SMILES string of the molecule is COCCOc1cc(C)nc2c(OCc3c(Cl)ccc(N(C)C(=O)CNC(=O)/C=C/c4ccc(NC(C)=O)nc4)c3Cl)cccc12. The molecule has 0 saturated carbocycles. The number of carbonyl (C=O) groups excluding carboxylic acids is 3. The molecule has 0 unspecified atom stereocenters. The van der Waals surface area contributed by atoms with Crippen molar-refractivity contribution in [3.8, 4) is 11.5 Å². The number of pyridine rings is 2. The van der Waals surface area contributed by atoms with Gasteiger partial charge < -0.3 is 29.7 Å². The number of methoxy groups -OCH3 is 1. The number of hydrogen-bond acceptors (Lipinski definition) is 8. The lowest BCUT2D eigenvalue weighted by Gasteiger charge is -2.21. The van der Waals surface area contributed by atoms with E-state index in [1.165, 1.54) is 24.1 Å². The summed E-state index contributed by atoms with van der Waals surface area (Å²) in [5.74, 6) is 0.457. The maximum atomic E-state index is 13.0. The van der Waals surface area contributed by atoms with Gasteiger partial charge in [0.05, 0.1) is 23.9 Å². The second-order valence-electron chi connectivity index (χ2n) is 10.1. The average Bonchev–Trinajstić information content (AvgIpc) is 3.03. The molecule has 4 rings (SSSR count). The molecule has 13 heteroatoms. The Morgan fingerprint density at radius 2 is 1.83 bits per heavy atom. The summed E-state index contributed by atoms with van der Waals surface area (Å²) in [6, 6.07) is 14.0. The van der Waals surface area contributed by atoms with Crippen molar-refractivity contribution in [3.05, 3.63) is 87.7 Å². The molecule has 0 aliphatic rings. The molecule has 46 heavy (non-hydrogen) atoms. The molecule has 2 N–H and O–H groups in total. The first-order chi connectivity index (χ1) is 22.1. The topological polar surface area (TPSA) is 132 Å². The number of aryl methyl sites for hydroxylation is 1. The first-order valence-electron chi connectivity index (χ1n) is 14.1. The molecule has 240 valence electrons. The van der Waals surface area contributed by atoms with Crippen LogP contribution in [0.25, 0.3) is 17.0 Å². The van der Waals surface area contributed by atoms with Crippen LogP contribution in [0.4, 0.5) is 11.5 Å². The monoisotopic (exact) mass is 665 g/mol. The summed E-state index contributed by atoms with van der Waals surface area (Å²) < 4.78 is 17.2. The van der Waals surface area contributed by atoms with Crippen molar-refractivity contribution >= 4 is 69.4 Å². The predicted octanol–water partition coefficient (Wildman–Crippen LogP) is 5.60. The second kappa shape index (κ2) is 16.0. The maximum Gasteiger partial charge on any atom is 0.246 e. The molecule has 0 aliphatic carbocycles. The molecule has 2 aromatic heterocycles. The van der Waals surface area contributed by atoms with Crippen LogP contribution in [0.3, 0.4) is 0 Å². The molecule has 2 heterocycles. The van der Waals surface area contributed by atoms with Crippen LogP contribution >= 0.6 is 23.2 Å². The Hall–Kier alpha value is -4.71. The van der Waals surface area contributed by atoms with Crippen LogP contribution in [-0.2, 0) is 25.7 Å². The largest absolute Gasteiger partial charge is 0.490 e. The van der Waals surface area contributed by atoms with Crippen LogP contribution in [0.1, 0.15) is 23.7 Å². The Morgan fingerprint density at radius 1 is 1.02 bits per heavy atom. The highest BCUT2D eigenvalue weighted by molar-refractivity contribution is 6.38. The highest BCUT2D eigenvalue weighted by Gasteiger charge is 2.20. The summed E-state index contributed by atoms with van der Waals surface area (Å²) in [7, 11) is 3.16. The van der Waals surface area contributed by atoms with Crippen LogP contribution in [-0.4, -0.2) is 61.6 Å². The Morgan fingerprint density at radius 3 is 2.54 bits per heavy atom. The van der Waals surface area contributed by atoms with Crippen molar-refractivity contribution < 1.29 is 28.6 Å². The number of aromatic nitrogens is 2. The molecule has 0 radical (unpaired) electrons. The zero-order valence-electron chi connectivity index (χ0n) is 25.7. The first kappa shape index (κ1) is 34.2. The number of hydrogen-bond donors (Lipinski definition) is 2. The number of halogens is 2. The Labute approximate surface area is 276 Å². The third kappa shape index (κ3) is 8.94. The van der Waals surface area contributed by atoms with E-state index in [9.17, 15) is 14.4 Å². The van der Waals surface area contributed by atoms with Gasteiger partial charge in [-0.25, -0.2) is 9.97 Å².